The molecule has 12 heteroatoms. The monoisotopic (exact) mass is 494 g/mol. The summed E-state index contributed by atoms with van der Waals surface area (Å²) in [6, 6.07) is 4.28. The number of benzene rings is 1. The van der Waals surface area contributed by atoms with E-state index in [0.717, 1.165) is 0 Å². The van der Waals surface area contributed by atoms with Crippen molar-refractivity contribution in [3.63, 3.8) is 0 Å². The summed E-state index contributed by atoms with van der Waals surface area (Å²) in [5.41, 5.74) is 5.16. The van der Waals surface area contributed by atoms with Gasteiger partial charge in [-0.15, -0.1) is 0 Å². The minimum atomic E-state index is -4.32. The van der Waals surface area contributed by atoms with Crippen LogP contribution in [0.1, 0.15) is 45.4 Å². The van der Waals surface area contributed by atoms with Gasteiger partial charge in [0.25, 0.3) is 5.91 Å². The van der Waals surface area contributed by atoms with Crippen LogP contribution in [0.4, 0.5) is 5.69 Å². The van der Waals surface area contributed by atoms with E-state index in [2.05, 4.69) is 10.1 Å². The Morgan fingerprint density at radius 1 is 1.32 bits per heavy atom. The predicted molar refractivity (Wildman–Crippen MR) is 128 cm³/mol. The van der Waals surface area contributed by atoms with Crippen LogP contribution in [0.2, 0.25) is 0 Å². The lowest BCUT2D eigenvalue weighted by atomic mass is 9.91. The van der Waals surface area contributed by atoms with Gasteiger partial charge in [0.05, 0.1) is 22.8 Å². The molecule has 1 aliphatic rings. The van der Waals surface area contributed by atoms with E-state index < -0.39 is 18.8 Å². The van der Waals surface area contributed by atoms with Crippen LogP contribution in [0, 0.1) is 0 Å². The number of hydrogen-bond acceptors (Lipinski definition) is 7. The van der Waals surface area contributed by atoms with Crippen molar-refractivity contribution in [3.8, 4) is 17.4 Å². The van der Waals surface area contributed by atoms with Gasteiger partial charge >= 0.3 is 7.52 Å². The zero-order valence-electron chi connectivity index (χ0n) is 19.8. The van der Waals surface area contributed by atoms with Gasteiger partial charge in [-0.2, -0.15) is 4.76 Å². The summed E-state index contributed by atoms with van der Waals surface area (Å²) in [5, 5.41) is 25.1. The fourth-order valence-electron chi connectivity index (χ4n) is 3.77. The molecule has 1 amide bonds. The van der Waals surface area contributed by atoms with Gasteiger partial charge in [-0.3, -0.25) is 9.36 Å². The van der Waals surface area contributed by atoms with Gasteiger partial charge in [0.1, 0.15) is 11.3 Å². The van der Waals surface area contributed by atoms with Gasteiger partial charge in [-0.1, -0.05) is 20.8 Å². The molecule has 0 fully saturated rings. The van der Waals surface area contributed by atoms with Crippen LogP contribution in [0.3, 0.4) is 0 Å². The number of primary amides is 1. The number of ether oxygens (including phenoxy) is 2. The van der Waals surface area contributed by atoms with E-state index in [1.807, 2.05) is 27.7 Å². The molecule has 2 heterocycles. The van der Waals surface area contributed by atoms with E-state index in [-0.39, 0.29) is 52.5 Å². The second kappa shape index (κ2) is 9.32. The fraction of sp³-hybridized carbons (Fsp3) is 0.455. The number of nitrogens with two attached hydrogens (primary N) is 1. The number of amidine groups is 1. The predicted octanol–water partition coefficient (Wildman–Crippen LogP) is 2.17. The fourth-order valence-corrected chi connectivity index (χ4v) is 5.04. The van der Waals surface area contributed by atoms with Crippen LogP contribution >= 0.6 is 7.52 Å². The quantitative estimate of drug-likeness (QED) is 0.348. The molecule has 0 saturated heterocycles. The largest absolute Gasteiger partial charge is 0.505 e. The first-order valence-electron chi connectivity index (χ1n) is 10.7. The number of fused-ring (bicyclic) bond motifs is 1. The van der Waals surface area contributed by atoms with Gasteiger partial charge < -0.3 is 40.2 Å². The second-order valence-electron chi connectivity index (χ2n) is 9.18. The second-order valence-corrected chi connectivity index (χ2v) is 11.0. The normalized spacial score (nSPS) is 18.6. The number of nitrogens with zero attached hydrogens (tertiary/aromatic N) is 2. The molecular formula is C22H31N4O7P. The molecule has 0 bridgehead atoms. The summed E-state index contributed by atoms with van der Waals surface area (Å²) in [5.74, 6) is -1.16. The topological polar surface area (TPSA) is 169 Å². The van der Waals surface area contributed by atoms with Gasteiger partial charge in [-0.05, 0) is 31.5 Å². The molecule has 1 aromatic carbocycles. The molecule has 0 radical (unpaired) electrons. The Morgan fingerprint density at radius 3 is 2.59 bits per heavy atom. The lowest BCUT2D eigenvalue weighted by Gasteiger charge is -2.23. The van der Waals surface area contributed by atoms with Crippen LogP contribution < -0.4 is 21.1 Å². The minimum Gasteiger partial charge on any atom is -0.505 e. The van der Waals surface area contributed by atoms with E-state index in [1.165, 1.54) is 18.2 Å². The summed E-state index contributed by atoms with van der Waals surface area (Å²) in [6.07, 6.45) is 0.483. The summed E-state index contributed by atoms with van der Waals surface area (Å²) in [4.78, 5) is 21.6. The molecule has 11 nitrogen and oxygen atoms in total. The maximum atomic E-state index is 13.1. The number of aromatic nitrogens is 1. The van der Waals surface area contributed by atoms with Gasteiger partial charge in [0, 0.05) is 19.1 Å². The molecule has 2 aromatic rings. The van der Waals surface area contributed by atoms with Crippen molar-refractivity contribution in [1.82, 2.24) is 4.57 Å². The average Bonchev–Trinajstić information content (AvgIpc) is 2.99. The van der Waals surface area contributed by atoms with Crippen molar-refractivity contribution < 1.29 is 33.9 Å². The summed E-state index contributed by atoms with van der Waals surface area (Å²) < 4.78 is 29.1. The molecule has 0 saturated carbocycles. The number of anilines is 1. The van der Waals surface area contributed by atoms with Crippen LogP contribution in [0.15, 0.2) is 23.0 Å². The van der Waals surface area contributed by atoms with Crippen LogP contribution in [0.25, 0.3) is 0 Å². The highest BCUT2D eigenvalue weighted by atomic mass is 31.2. The Balaban J connectivity index is 2.07. The zero-order chi connectivity index (χ0) is 25.4. The minimum absolute atomic E-state index is 0.0402. The molecule has 2 unspecified atom stereocenters. The molecule has 1 aromatic heterocycles. The lowest BCUT2D eigenvalue weighted by Crippen LogP contribution is -2.25. The van der Waals surface area contributed by atoms with Crippen molar-refractivity contribution in [3.05, 3.63) is 29.5 Å². The first-order valence-corrected chi connectivity index (χ1v) is 12.3. The number of hydrogen-bond donors (Lipinski definition) is 5. The standard InChI is InChI=1S/C22H31N4O7P/c1-12(32-5)8-9-26-19(22(2,3)4)18(28)17(21(26)29)20-24-14-7-6-13(33-11-16(23)27)10-15(14)34(30,31)25-20/h6-7,10,12,28-29H,8-9,11H2,1-5H3,(H2,23,27)(H2,24,25,30,31). The molecular weight excluding hydrogens is 463 g/mol. The van der Waals surface area contributed by atoms with E-state index in [4.69, 9.17) is 15.2 Å². The zero-order valence-corrected chi connectivity index (χ0v) is 20.7. The van der Waals surface area contributed by atoms with Crippen LogP contribution in [-0.2, 0) is 26.1 Å². The smallest absolute Gasteiger partial charge is 0.346 e. The number of carbonyl (C=O) groups excluding carboxylic acids is 1. The summed E-state index contributed by atoms with van der Waals surface area (Å²) >= 11 is 0. The van der Waals surface area contributed by atoms with Gasteiger partial charge in [0.2, 0.25) is 5.88 Å². The van der Waals surface area contributed by atoms with Crippen LogP contribution in [-0.4, -0.2) is 51.2 Å². The molecule has 3 rings (SSSR count). The maximum absolute atomic E-state index is 13.1. The molecule has 0 spiro atoms. The van der Waals surface area contributed by atoms with Gasteiger partial charge in [-0.25, -0.2) is 0 Å². The Labute approximate surface area is 197 Å². The number of rotatable bonds is 8. The Morgan fingerprint density at radius 2 is 2.00 bits per heavy atom. The van der Waals surface area contributed by atoms with Crippen molar-refractivity contribution in [1.29, 1.82) is 0 Å². The molecule has 6 N–H and O–H groups in total. The van der Waals surface area contributed by atoms with E-state index >= 15 is 0 Å². The molecule has 186 valence electrons. The third kappa shape index (κ3) is 5.06. The number of carbonyl (C=O) groups is 1. The van der Waals surface area contributed by atoms with Crippen LogP contribution in [0.5, 0.6) is 17.4 Å². The first-order chi connectivity index (χ1) is 15.8. The summed E-state index contributed by atoms with van der Waals surface area (Å²) in [6.45, 7) is 7.52. The number of aromatic hydroxyl groups is 2. The molecule has 1 aliphatic heterocycles. The highest BCUT2D eigenvalue weighted by Gasteiger charge is 2.37. The number of amides is 1. The molecule has 0 aliphatic carbocycles. The van der Waals surface area contributed by atoms with Gasteiger partial charge in [0.15, 0.2) is 18.2 Å². The van der Waals surface area contributed by atoms with E-state index in [1.54, 1.807) is 11.7 Å². The average molecular weight is 494 g/mol. The highest BCUT2D eigenvalue weighted by Crippen LogP contribution is 2.50. The molecule has 34 heavy (non-hydrogen) atoms. The van der Waals surface area contributed by atoms with Crippen molar-refractivity contribution in [2.45, 2.75) is 52.2 Å². The molecule has 2 atom stereocenters. The van der Waals surface area contributed by atoms with E-state index in [9.17, 15) is 24.5 Å². The first kappa shape index (κ1) is 25.6. The summed E-state index contributed by atoms with van der Waals surface area (Å²) in [7, 11) is -2.72. The van der Waals surface area contributed by atoms with E-state index in [0.29, 0.717) is 18.7 Å². The van der Waals surface area contributed by atoms with Crippen molar-refractivity contribution in [2.24, 2.45) is 10.5 Å². The maximum Gasteiger partial charge on any atom is 0.346 e. The van der Waals surface area contributed by atoms with Crippen molar-refractivity contribution in [2.75, 3.05) is 19.0 Å². The lowest BCUT2D eigenvalue weighted by molar-refractivity contribution is -0.119. The number of nitrogens with one attached hydrogen (secondary N) is 1. The Bertz CT molecular complexity index is 1180. The Kier molecular flexibility index (Phi) is 7.02. The third-order valence-corrected chi connectivity index (χ3v) is 6.94. The number of methoxy groups -OCH3 is 1. The highest BCUT2D eigenvalue weighted by molar-refractivity contribution is 7.65. The SMILES string of the molecule is COC(C)CCn1c(O)c(C2=NP(=O)(O)c3cc(OCC(N)=O)ccc3N2)c(O)c1C(C)(C)C. The Hall–Kier alpha value is -3.01. The third-order valence-electron chi connectivity index (χ3n) is 5.47. The van der Waals surface area contributed by atoms with Crippen molar-refractivity contribution >= 4 is 30.3 Å².